The molecule has 0 saturated heterocycles. The molecule has 1 heterocycles. The van der Waals surface area contributed by atoms with E-state index in [2.05, 4.69) is 10.4 Å². The van der Waals surface area contributed by atoms with Crippen LogP contribution in [0.4, 0.5) is 4.39 Å². The highest BCUT2D eigenvalue weighted by molar-refractivity contribution is 5.94. The van der Waals surface area contributed by atoms with Crippen molar-refractivity contribution in [3.05, 3.63) is 42.0 Å². The Morgan fingerprint density at radius 2 is 2.04 bits per heavy atom. The van der Waals surface area contributed by atoms with Gasteiger partial charge in [-0.3, -0.25) is 4.79 Å². The highest BCUT2D eigenvalue weighted by Gasteiger charge is 2.19. The maximum atomic E-state index is 13.0. The number of amides is 1. The number of ether oxygens (including phenoxy) is 1. The first-order valence-electron chi connectivity index (χ1n) is 7.77. The van der Waals surface area contributed by atoms with Crippen LogP contribution < -0.4 is 10.1 Å². The Morgan fingerprint density at radius 1 is 1.35 bits per heavy atom. The quantitative estimate of drug-likeness (QED) is 0.853. The van der Waals surface area contributed by atoms with E-state index in [1.165, 1.54) is 16.8 Å². The van der Waals surface area contributed by atoms with E-state index in [4.69, 9.17) is 4.74 Å². The van der Waals surface area contributed by atoms with E-state index in [9.17, 15) is 9.18 Å². The van der Waals surface area contributed by atoms with Crippen molar-refractivity contribution in [2.24, 2.45) is 5.92 Å². The fraction of sp³-hybridized carbons (Fsp3) is 0.412. The lowest BCUT2D eigenvalue weighted by Crippen LogP contribution is -2.28. The van der Waals surface area contributed by atoms with Crippen LogP contribution in [-0.2, 0) is 0 Å². The third kappa shape index (κ3) is 4.55. The first-order valence-corrected chi connectivity index (χ1v) is 7.77. The molecule has 0 spiro atoms. The van der Waals surface area contributed by atoms with E-state index in [1.54, 1.807) is 18.3 Å². The number of aromatic nitrogens is 2. The second kappa shape index (κ2) is 7.76. The second-order valence-electron chi connectivity index (χ2n) is 5.72. The molecule has 0 aliphatic heterocycles. The number of hydrogen-bond donors (Lipinski definition) is 1. The molecule has 0 saturated carbocycles. The lowest BCUT2D eigenvalue weighted by Gasteiger charge is -2.07. The lowest BCUT2D eigenvalue weighted by atomic mass is 10.2. The van der Waals surface area contributed by atoms with E-state index in [1.807, 2.05) is 20.8 Å². The van der Waals surface area contributed by atoms with Crippen molar-refractivity contribution < 1.29 is 13.9 Å². The number of hydrogen-bond acceptors (Lipinski definition) is 3. The van der Waals surface area contributed by atoms with Crippen molar-refractivity contribution in [2.45, 2.75) is 27.2 Å². The summed E-state index contributed by atoms with van der Waals surface area (Å²) in [6.45, 7) is 7.09. The van der Waals surface area contributed by atoms with Gasteiger partial charge in [0.2, 0.25) is 0 Å². The smallest absolute Gasteiger partial charge is 0.275 e. The molecule has 2 rings (SSSR count). The Hall–Kier alpha value is -2.37. The summed E-state index contributed by atoms with van der Waals surface area (Å²) in [7, 11) is 0. The molecule has 0 aliphatic carbocycles. The third-order valence-electron chi connectivity index (χ3n) is 3.12. The molecule has 1 aromatic heterocycles. The number of rotatable bonds is 7. The Labute approximate surface area is 135 Å². The molecule has 6 heteroatoms. The predicted molar refractivity (Wildman–Crippen MR) is 86.5 cm³/mol. The van der Waals surface area contributed by atoms with Crippen LogP contribution in [0.3, 0.4) is 0 Å². The van der Waals surface area contributed by atoms with Gasteiger partial charge in [-0.05, 0) is 36.6 Å². The number of carbonyl (C=O) groups is 1. The van der Waals surface area contributed by atoms with Gasteiger partial charge in [0.25, 0.3) is 5.91 Å². The van der Waals surface area contributed by atoms with Crippen LogP contribution in [0, 0.1) is 11.7 Å². The van der Waals surface area contributed by atoms with Gasteiger partial charge in [-0.2, -0.15) is 5.10 Å². The molecule has 1 N–H and O–H groups in total. The van der Waals surface area contributed by atoms with E-state index in [-0.39, 0.29) is 17.4 Å². The standard InChI is InChI=1S/C17H22FN3O2/c1-4-9-23-15-11-21(14-7-5-13(18)6-8-14)20-16(15)17(22)19-10-12(2)3/h5-8,11-12H,4,9-10H2,1-3H3,(H,19,22). The first-order chi connectivity index (χ1) is 11.0. The van der Waals surface area contributed by atoms with Crippen LogP contribution in [0.25, 0.3) is 5.69 Å². The molecule has 0 bridgehead atoms. The van der Waals surface area contributed by atoms with Gasteiger partial charge in [-0.25, -0.2) is 9.07 Å². The summed E-state index contributed by atoms with van der Waals surface area (Å²) >= 11 is 0. The molecule has 0 unspecified atom stereocenters. The predicted octanol–water partition coefficient (Wildman–Crippen LogP) is 3.19. The molecular formula is C17H22FN3O2. The first kappa shape index (κ1) is 17.0. The summed E-state index contributed by atoms with van der Waals surface area (Å²) in [5.41, 5.74) is 0.902. The topological polar surface area (TPSA) is 56.2 Å². The van der Waals surface area contributed by atoms with Gasteiger partial charge < -0.3 is 10.1 Å². The Bertz CT molecular complexity index is 650. The Balaban J connectivity index is 2.27. The summed E-state index contributed by atoms with van der Waals surface area (Å²) in [4.78, 5) is 12.3. The van der Waals surface area contributed by atoms with Crippen molar-refractivity contribution in [2.75, 3.05) is 13.2 Å². The monoisotopic (exact) mass is 319 g/mol. The maximum Gasteiger partial charge on any atom is 0.275 e. The van der Waals surface area contributed by atoms with E-state index < -0.39 is 0 Å². The normalized spacial score (nSPS) is 10.8. The van der Waals surface area contributed by atoms with E-state index in [0.29, 0.717) is 30.5 Å². The fourth-order valence-electron chi connectivity index (χ4n) is 1.94. The van der Waals surface area contributed by atoms with Gasteiger partial charge in [0.05, 0.1) is 18.5 Å². The Kier molecular flexibility index (Phi) is 5.73. The highest BCUT2D eigenvalue weighted by Crippen LogP contribution is 2.20. The zero-order chi connectivity index (χ0) is 16.8. The fourth-order valence-corrected chi connectivity index (χ4v) is 1.94. The molecule has 0 atom stereocenters. The summed E-state index contributed by atoms with van der Waals surface area (Å²) < 4.78 is 20.2. The van der Waals surface area contributed by atoms with Crippen molar-refractivity contribution in [1.29, 1.82) is 0 Å². The zero-order valence-electron chi connectivity index (χ0n) is 13.7. The lowest BCUT2D eigenvalue weighted by molar-refractivity contribution is 0.0939. The maximum absolute atomic E-state index is 13.0. The van der Waals surface area contributed by atoms with Crippen LogP contribution >= 0.6 is 0 Å². The molecule has 2 aromatic rings. The van der Waals surface area contributed by atoms with Gasteiger partial charge in [-0.15, -0.1) is 0 Å². The van der Waals surface area contributed by atoms with Gasteiger partial charge in [0.15, 0.2) is 11.4 Å². The van der Waals surface area contributed by atoms with Crippen LogP contribution in [0.15, 0.2) is 30.5 Å². The summed E-state index contributed by atoms with van der Waals surface area (Å²) in [5, 5.41) is 7.13. The Morgan fingerprint density at radius 3 is 2.65 bits per heavy atom. The number of benzene rings is 1. The molecule has 5 nitrogen and oxygen atoms in total. The molecule has 124 valence electrons. The van der Waals surface area contributed by atoms with Crippen molar-refractivity contribution in [3.63, 3.8) is 0 Å². The van der Waals surface area contributed by atoms with Crippen molar-refractivity contribution >= 4 is 5.91 Å². The van der Waals surface area contributed by atoms with Gasteiger partial charge >= 0.3 is 0 Å². The van der Waals surface area contributed by atoms with E-state index >= 15 is 0 Å². The van der Waals surface area contributed by atoms with Gasteiger partial charge in [0.1, 0.15) is 5.82 Å². The van der Waals surface area contributed by atoms with Crippen LogP contribution in [-0.4, -0.2) is 28.8 Å². The number of carbonyl (C=O) groups excluding carboxylic acids is 1. The molecule has 0 fully saturated rings. The van der Waals surface area contributed by atoms with Crippen LogP contribution in [0.5, 0.6) is 5.75 Å². The van der Waals surface area contributed by atoms with Gasteiger partial charge in [0, 0.05) is 6.54 Å². The SMILES string of the molecule is CCCOc1cn(-c2ccc(F)cc2)nc1C(=O)NCC(C)C. The minimum atomic E-state index is -0.321. The zero-order valence-corrected chi connectivity index (χ0v) is 13.7. The minimum absolute atomic E-state index is 0.239. The summed E-state index contributed by atoms with van der Waals surface area (Å²) in [6.07, 6.45) is 2.47. The van der Waals surface area contributed by atoms with E-state index in [0.717, 1.165) is 6.42 Å². The van der Waals surface area contributed by atoms with Crippen LogP contribution in [0.2, 0.25) is 0 Å². The molecule has 23 heavy (non-hydrogen) atoms. The number of halogens is 1. The molecule has 0 radical (unpaired) electrons. The van der Waals surface area contributed by atoms with Crippen LogP contribution in [0.1, 0.15) is 37.7 Å². The highest BCUT2D eigenvalue weighted by atomic mass is 19.1. The molecular weight excluding hydrogens is 297 g/mol. The minimum Gasteiger partial charge on any atom is -0.489 e. The largest absolute Gasteiger partial charge is 0.489 e. The van der Waals surface area contributed by atoms with Crippen molar-refractivity contribution in [1.82, 2.24) is 15.1 Å². The van der Waals surface area contributed by atoms with Crippen molar-refractivity contribution in [3.8, 4) is 11.4 Å². The summed E-state index contributed by atoms with van der Waals surface area (Å²) in [6, 6.07) is 5.90. The average molecular weight is 319 g/mol. The average Bonchev–Trinajstić information content (AvgIpc) is 2.95. The second-order valence-corrected chi connectivity index (χ2v) is 5.72. The third-order valence-corrected chi connectivity index (χ3v) is 3.12. The summed E-state index contributed by atoms with van der Waals surface area (Å²) in [5.74, 6) is 0.180. The molecule has 0 aliphatic rings. The number of nitrogens with one attached hydrogen (secondary N) is 1. The van der Waals surface area contributed by atoms with Gasteiger partial charge in [-0.1, -0.05) is 20.8 Å². The molecule has 1 amide bonds. The molecule has 1 aromatic carbocycles. The number of nitrogens with zero attached hydrogens (tertiary/aromatic N) is 2.